The number of amides is 1. The van der Waals surface area contributed by atoms with Crippen LogP contribution < -0.4 is 5.73 Å². The Morgan fingerprint density at radius 1 is 1.50 bits per heavy atom. The molecule has 2 N–H and O–H groups in total. The number of thiazole rings is 1. The summed E-state index contributed by atoms with van der Waals surface area (Å²) in [7, 11) is 0. The van der Waals surface area contributed by atoms with Gasteiger partial charge in [-0.25, -0.2) is 4.98 Å². The largest absolute Gasteiger partial charge is 0.380 e. The number of aromatic nitrogens is 1. The Kier molecular flexibility index (Phi) is 6.75. The van der Waals surface area contributed by atoms with Gasteiger partial charge >= 0.3 is 0 Å². The lowest BCUT2D eigenvalue weighted by Gasteiger charge is -2.41. The number of hydrogen-bond acceptors (Lipinski definition) is 6. The molecule has 1 amide bonds. The topological polar surface area (TPSA) is 71.7 Å². The quantitative estimate of drug-likeness (QED) is 0.762. The van der Waals surface area contributed by atoms with Crippen molar-refractivity contribution in [2.24, 2.45) is 5.73 Å². The van der Waals surface area contributed by atoms with Gasteiger partial charge in [-0.15, -0.1) is 11.3 Å². The van der Waals surface area contributed by atoms with Crippen molar-refractivity contribution in [1.29, 1.82) is 0 Å². The second-order valence-corrected chi connectivity index (χ2v) is 6.32. The first-order chi connectivity index (χ1) is 10.7. The first-order valence-electron chi connectivity index (χ1n) is 7.95. The van der Waals surface area contributed by atoms with E-state index in [1.54, 1.807) is 0 Å². The molecule has 1 atom stereocenters. The zero-order valence-electron chi connectivity index (χ0n) is 13.5. The summed E-state index contributed by atoms with van der Waals surface area (Å²) in [6.45, 7) is 9.41. The Morgan fingerprint density at radius 3 is 2.95 bits per heavy atom. The van der Waals surface area contributed by atoms with Gasteiger partial charge in [0.25, 0.3) is 5.91 Å². The van der Waals surface area contributed by atoms with Crippen LogP contribution in [0.5, 0.6) is 0 Å². The fourth-order valence-corrected chi connectivity index (χ4v) is 3.40. The van der Waals surface area contributed by atoms with Crippen LogP contribution in [0.15, 0.2) is 5.38 Å². The molecule has 6 nitrogen and oxygen atoms in total. The number of hydrogen-bond donors (Lipinski definition) is 1. The molecule has 0 spiro atoms. The third-order valence-electron chi connectivity index (χ3n) is 4.04. The predicted molar refractivity (Wildman–Crippen MR) is 88.1 cm³/mol. The van der Waals surface area contributed by atoms with Gasteiger partial charge in [-0.2, -0.15) is 0 Å². The highest BCUT2D eigenvalue weighted by Gasteiger charge is 2.29. The van der Waals surface area contributed by atoms with Gasteiger partial charge in [0, 0.05) is 50.8 Å². The van der Waals surface area contributed by atoms with E-state index in [4.69, 9.17) is 10.5 Å². The predicted octanol–water partition coefficient (Wildman–Crippen LogP) is 1.17. The summed E-state index contributed by atoms with van der Waals surface area (Å²) in [6, 6.07) is 0.394. The lowest BCUT2D eigenvalue weighted by molar-refractivity contribution is 0.0338. The molecule has 0 bridgehead atoms. The SMILES string of the molecule is CCOCCN1CCN(C(=O)c2csc(CN)n2)CC1CC. The van der Waals surface area contributed by atoms with Crippen LogP contribution in [0.2, 0.25) is 0 Å². The lowest BCUT2D eigenvalue weighted by Crippen LogP contribution is -2.55. The highest BCUT2D eigenvalue weighted by atomic mass is 32.1. The molecule has 1 aromatic heterocycles. The van der Waals surface area contributed by atoms with Crippen LogP contribution >= 0.6 is 11.3 Å². The molecule has 22 heavy (non-hydrogen) atoms. The molecule has 7 heteroatoms. The normalized spacial score (nSPS) is 19.6. The van der Waals surface area contributed by atoms with Crippen LogP contribution in [0.1, 0.15) is 35.8 Å². The number of nitrogens with zero attached hydrogens (tertiary/aromatic N) is 3. The Hall–Kier alpha value is -1.02. The van der Waals surface area contributed by atoms with Crippen molar-refractivity contribution in [3.8, 4) is 0 Å². The van der Waals surface area contributed by atoms with Crippen LogP contribution in [0, 0.1) is 0 Å². The summed E-state index contributed by atoms with van der Waals surface area (Å²) < 4.78 is 5.45. The van der Waals surface area contributed by atoms with E-state index >= 15 is 0 Å². The summed E-state index contributed by atoms with van der Waals surface area (Å²) in [5, 5.41) is 2.62. The smallest absolute Gasteiger partial charge is 0.273 e. The molecule has 0 radical (unpaired) electrons. The maximum absolute atomic E-state index is 12.5. The van der Waals surface area contributed by atoms with Gasteiger partial charge in [0.15, 0.2) is 0 Å². The molecule has 124 valence electrons. The average molecular weight is 326 g/mol. The minimum atomic E-state index is 0.0267. The zero-order valence-corrected chi connectivity index (χ0v) is 14.3. The number of piperazine rings is 1. The molecule has 1 saturated heterocycles. The van der Waals surface area contributed by atoms with Crippen molar-refractivity contribution < 1.29 is 9.53 Å². The maximum atomic E-state index is 12.5. The number of ether oxygens (including phenoxy) is 1. The van der Waals surface area contributed by atoms with E-state index in [0.29, 0.717) is 18.3 Å². The van der Waals surface area contributed by atoms with E-state index in [2.05, 4.69) is 16.8 Å². The monoisotopic (exact) mass is 326 g/mol. The summed E-state index contributed by atoms with van der Waals surface area (Å²) in [5.41, 5.74) is 6.10. The highest BCUT2D eigenvalue weighted by molar-refractivity contribution is 7.09. The summed E-state index contributed by atoms with van der Waals surface area (Å²) in [6.07, 6.45) is 1.03. The van der Waals surface area contributed by atoms with E-state index in [9.17, 15) is 4.79 Å². The van der Waals surface area contributed by atoms with E-state index in [1.807, 2.05) is 17.2 Å². The Labute approximate surface area is 136 Å². The van der Waals surface area contributed by atoms with Gasteiger partial charge in [-0.3, -0.25) is 9.69 Å². The molecule has 1 fully saturated rings. The van der Waals surface area contributed by atoms with Gasteiger partial charge in [0.1, 0.15) is 10.7 Å². The molecule has 1 aliphatic heterocycles. The van der Waals surface area contributed by atoms with Crippen LogP contribution in [0.25, 0.3) is 0 Å². The first-order valence-corrected chi connectivity index (χ1v) is 8.83. The van der Waals surface area contributed by atoms with Crippen LogP contribution in [0.4, 0.5) is 0 Å². The fourth-order valence-electron chi connectivity index (χ4n) is 2.75. The molecule has 2 rings (SSSR count). The van der Waals surface area contributed by atoms with Crippen molar-refractivity contribution in [2.75, 3.05) is 39.4 Å². The van der Waals surface area contributed by atoms with E-state index in [-0.39, 0.29) is 5.91 Å². The molecule has 2 heterocycles. The second kappa shape index (κ2) is 8.57. The molecular formula is C15H26N4O2S. The van der Waals surface area contributed by atoms with Gasteiger partial charge in [-0.05, 0) is 13.3 Å². The standard InChI is InChI=1S/C15H26N4O2S/c1-3-12-10-19(6-5-18(12)7-8-21-4-2)15(20)13-11-22-14(9-16)17-13/h11-12H,3-10,16H2,1-2H3. The van der Waals surface area contributed by atoms with E-state index in [0.717, 1.165) is 50.8 Å². The number of carbonyl (C=O) groups excluding carboxylic acids is 1. The van der Waals surface area contributed by atoms with Crippen LogP contribution in [-0.4, -0.2) is 66.1 Å². The average Bonchev–Trinajstić information content (AvgIpc) is 3.03. The van der Waals surface area contributed by atoms with Crippen molar-refractivity contribution in [2.45, 2.75) is 32.9 Å². The minimum absolute atomic E-state index is 0.0267. The van der Waals surface area contributed by atoms with Crippen molar-refractivity contribution in [1.82, 2.24) is 14.8 Å². The van der Waals surface area contributed by atoms with E-state index in [1.165, 1.54) is 11.3 Å². The minimum Gasteiger partial charge on any atom is -0.380 e. The third-order valence-corrected chi connectivity index (χ3v) is 4.91. The molecule has 1 unspecified atom stereocenters. The van der Waals surface area contributed by atoms with Crippen LogP contribution in [-0.2, 0) is 11.3 Å². The van der Waals surface area contributed by atoms with Crippen molar-refractivity contribution in [3.63, 3.8) is 0 Å². The zero-order chi connectivity index (χ0) is 15.9. The Balaban J connectivity index is 1.93. The van der Waals surface area contributed by atoms with Gasteiger partial charge in [0.2, 0.25) is 0 Å². The molecular weight excluding hydrogens is 300 g/mol. The number of carbonyl (C=O) groups is 1. The second-order valence-electron chi connectivity index (χ2n) is 5.38. The van der Waals surface area contributed by atoms with Gasteiger partial charge in [-0.1, -0.05) is 6.92 Å². The van der Waals surface area contributed by atoms with Gasteiger partial charge in [0.05, 0.1) is 6.61 Å². The maximum Gasteiger partial charge on any atom is 0.273 e. The summed E-state index contributed by atoms with van der Waals surface area (Å²) >= 11 is 1.45. The molecule has 0 saturated carbocycles. The van der Waals surface area contributed by atoms with Crippen molar-refractivity contribution >= 4 is 17.2 Å². The molecule has 0 aromatic carbocycles. The fraction of sp³-hybridized carbons (Fsp3) is 0.733. The number of nitrogens with two attached hydrogens (primary N) is 1. The first kappa shape index (κ1) is 17.3. The molecule has 0 aliphatic carbocycles. The highest BCUT2D eigenvalue weighted by Crippen LogP contribution is 2.17. The molecule has 1 aliphatic rings. The summed E-state index contributed by atoms with van der Waals surface area (Å²) in [4.78, 5) is 21.2. The Bertz CT molecular complexity index is 480. The summed E-state index contributed by atoms with van der Waals surface area (Å²) in [5.74, 6) is 0.0267. The Morgan fingerprint density at radius 2 is 2.32 bits per heavy atom. The van der Waals surface area contributed by atoms with Crippen molar-refractivity contribution in [3.05, 3.63) is 16.1 Å². The van der Waals surface area contributed by atoms with Crippen LogP contribution in [0.3, 0.4) is 0 Å². The van der Waals surface area contributed by atoms with E-state index < -0.39 is 0 Å². The molecule has 1 aromatic rings. The lowest BCUT2D eigenvalue weighted by atomic mass is 10.1. The number of rotatable bonds is 7. The third kappa shape index (κ3) is 4.25. The van der Waals surface area contributed by atoms with Gasteiger partial charge < -0.3 is 15.4 Å².